The Balaban J connectivity index is 2.09. The molecule has 0 aliphatic heterocycles. The van der Waals surface area contributed by atoms with Crippen molar-refractivity contribution >= 4 is 28.9 Å². The molecule has 2 rings (SSSR count). The van der Waals surface area contributed by atoms with Crippen LogP contribution in [0.1, 0.15) is 37.6 Å². The Morgan fingerprint density at radius 3 is 2.46 bits per heavy atom. The lowest BCUT2D eigenvalue weighted by atomic mass is 10.2. The second-order valence-corrected chi connectivity index (χ2v) is 5.63. The minimum Gasteiger partial charge on any atom is -0.381 e. The number of carbonyl (C=O) groups is 2. The summed E-state index contributed by atoms with van der Waals surface area (Å²) in [4.78, 5) is 27.6. The van der Waals surface area contributed by atoms with Crippen LogP contribution >= 0.6 is 0 Å². The van der Waals surface area contributed by atoms with Crippen molar-refractivity contribution < 1.29 is 9.59 Å². The van der Waals surface area contributed by atoms with E-state index in [-0.39, 0.29) is 11.8 Å². The van der Waals surface area contributed by atoms with Crippen LogP contribution in [-0.2, 0) is 4.79 Å². The van der Waals surface area contributed by atoms with Gasteiger partial charge in [0.2, 0.25) is 5.91 Å². The lowest BCUT2D eigenvalue weighted by Crippen LogP contribution is -2.16. The van der Waals surface area contributed by atoms with Gasteiger partial charge in [-0.2, -0.15) is 0 Å². The van der Waals surface area contributed by atoms with Gasteiger partial charge < -0.3 is 16.0 Å². The van der Waals surface area contributed by atoms with E-state index in [4.69, 9.17) is 0 Å². The van der Waals surface area contributed by atoms with Gasteiger partial charge in [0.1, 0.15) is 0 Å². The summed E-state index contributed by atoms with van der Waals surface area (Å²) >= 11 is 0. The third kappa shape index (κ3) is 5.08. The zero-order chi connectivity index (χ0) is 17.5. The van der Waals surface area contributed by atoms with Crippen molar-refractivity contribution in [2.45, 2.75) is 33.2 Å². The van der Waals surface area contributed by atoms with Crippen LogP contribution < -0.4 is 16.0 Å². The molecule has 24 heavy (non-hydrogen) atoms. The first-order valence-electron chi connectivity index (χ1n) is 7.88. The Kier molecular flexibility index (Phi) is 5.89. The number of amides is 2. The second kappa shape index (κ2) is 8.10. The van der Waals surface area contributed by atoms with Crippen LogP contribution in [0.15, 0.2) is 42.7 Å². The molecule has 2 aromatic rings. The Hall–Kier alpha value is -2.89. The second-order valence-electron chi connectivity index (χ2n) is 5.63. The molecule has 0 saturated carbocycles. The normalized spacial score (nSPS) is 11.5. The number of hydrogen-bond donors (Lipinski definition) is 3. The molecular formula is C18H22N4O2. The maximum Gasteiger partial charge on any atom is 0.257 e. The molecule has 0 fully saturated rings. The minimum atomic E-state index is -0.254. The number of hydrogen-bond acceptors (Lipinski definition) is 4. The molecule has 6 heteroatoms. The standard InChI is InChI=1S/C18H22N4O2/c1-4-12(2)20-17-8-14(10-19-11-17)18(24)22-16-7-5-6-15(9-16)21-13(3)23/h5-12,20H,4H2,1-3H3,(H,21,23)(H,22,24). The first-order chi connectivity index (χ1) is 11.5. The Morgan fingerprint density at radius 1 is 1.08 bits per heavy atom. The van der Waals surface area contributed by atoms with Gasteiger partial charge in [-0.15, -0.1) is 0 Å². The van der Waals surface area contributed by atoms with Crippen LogP contribution in [-0.4, -0.2) is 22.8 Å². The van der Waals surface area contributed by atoms with Crippen LogP contribution in [0.4, 0.5) is 17.1 Å². The summed E-state index contributed by atoms with van der Waals surface area (Å²) in [6, 6.07) is 9.06. The van der Waals surface area contributed by atoms with E-state index in [0.29, 0.717) is 23.0 Å². The molecule has 0 saturated heterocycles. The average molecular weight is 326 g/mol. The quantitative estimate of drug-likeness (QED) is 0.758. The predicted molar refractivity (Wildman–Crippen MR) is 96.3 cm³/mol. The number of pyridine rings is 1. The van der Waals surface area contributed by atoms with E-state index >= 15 is 0 Å². The highest BCUT2D eigenvalue weighted by molar-refractivity contribution is 6.05. The van der Waals surface area contributed by atoms with Gasteiger partial charge in [-0.05, 0) is 37.6 Å². The fourth-order valence-electron chi connectivity index (χ4n) is 2.11. The van der Waals surface area contributed by atoms with Crippen molar-refractivity contribution in [3.05, 3.63) is 48.3 Å². The van der Waals surface area contributed by atoms with Crippen LogP contribution in [0.25, 0.3) is 0 Å². The van der Waals surface area contributed by atoms with E-state index in [2.05, 4.69) is 34.8 Å². The van der Waals surface area contributed by atoms with Crippen LogP contribution in [0.2, 0.25) is 0 Å². The van der Waals surface area contributed by atoms with Crippen LogP contribution in [0, 0.1) is 0 Å². The average Bonchev–Trinajstić information content (AvgIpc) is 2.54. The van der Waals surface area contributed by atoms with E-state index in [9.17, 15) is 9.59 Å². The van der Waals surface area contributed by atoms with E-state index in [1.165, 1.54) is 13.1 Å². The smallest absolute Gasteiger partial charge is 0.257 e. The predicted octanol–water partition coefficient (Wildman–Crippen LogP) is 3.50. The van der Waals surface area contributed by atoms with Gasteiger partial charge in [0.15, 0.2) is 0 Å². The van der Waals surface area contributed by atoms with Crippen molar-refractivity contribution in [3.63, 3.8) is 0 Å². The molecule has 6 nitrogen and oxygen atoms in total. The molecule has 2 amide bonds. The summed E-state index contributed by atoms with van der Waals surface area (Å²) in [5, 5.41) is 8.78. The molecule has 126 valence electrons. The summed E-state index contributed by atoms with van der Waals surface area (Å²) in [5.74, 6) is -0.415. The number of nitrogens with zero attached hydrogens (tertiary/aromatic N) is 1. The topological polar surface area (TPSA) is 83.1 Å². The largest absolute Gasteiger partial charge is 0.381 e. The summed E-state index contributed by atoms with van der Waals surface area (Å²) in [5.41, 5.74) is 2.51. The first-order valence-corrected chi connectivity index (χ1v) is 7.88. The third-order valence-electron chi connectivity index (χ3n) is 3.47. The maximum absolute atomic E-state index is 12.4. The lowest BCUT2D eigenvalue weighted by Gasteiger charge is -2.13. The zero-order valence-electron chi connectivity index (χ0n) is 14.1. The lowest BCUT2D eigenvalue weighted by molar-refractivity contribution is -0.114. The molecular weight excluding hydrogens is 304 g/mol. The zero-order valence-corrected chi connectivity index (χ0v) is 14.1. The Bertz CT molecular complexity index is 730. The minimum absolute atomic E-state index is 0.161. The summed E-state index contributed by atoms with van der Waals surface area (Å²) in [6.45, 7) is 5.59. The van der Waals surface area contributed by atoms with Crippen LogP contribution in [0.3, 0.4) is 0 Å². The van der Waals surface area contributed by atoms with Crippen LogP contribution in [0.5, 0.6) is 0 Å². The molecule has 0 bridgehead atoms. The molecule has 1 aromatic carbocycles. The number of aromatic nitrogens is 1. The third-order valence-corrected chi connectivity index (χ3v) is 3.47. The molecule has 0 spiro atoms. The number of carbonyl (C=O) groups excluding carboxylic acids is 2. The monoisotopic (exact) mass is 326 g/mol. The van der Waals surface area contributed by atoms with E-state index < -0.39 is 0 Å². The number of anilines is 3. The van der Waals surface area contributed by atoms with Gasteiger partial charge in [-0.1, -0.05) is 13.0 Å². The van der Waals surface area contributed by atoms with Gasteiger partial charge >= 0.3 is 0 Å². The Morgan fingerprint density at radius 2 is 1.79 bits per heavy atom. The number of nitrogens with one attached hydrogen (secondary N) is 3. The van der Waals surface area contributed by atoms with Gasteiger partial charge in [-0.3, -0.25) is 14.6 Å². The Labute approximate surface area is 141 Å². The summed E-state index contributed by atoms with van der Waals surface area (Å²) in [6.07, 6.45) is 4.20. The summed E-state index contributed by atoms with van der Waals surface area (Å²) < 4.78 is 0. The van der Waals surface area contributed by atoms with Crippen molar-refractivity contribution in [2.75, 3.05) is 16.0 Å². The highest BCUT2D eigenvalue weighted by atomic mass is 16.2. The van der Waals surface area contributed by atoms with E-state index in [0.717, 1.165) is 12.1 Å². The van der Waals surface area contributed by atoms with Crippen molar-refractivity contribution in [3.8, 4) is 0 Å². The SMILES string of the molecule is CCC(C)Nc1cncc(C(=O)Nc2cccc(NC(C)=O)c2)c1. The first kappa shape index (κ1) is 17.5. The molecule has 0 aliphatic carbocycles. The molecule has 0 aliphatic rings. The van der Waals surface area contributed by atoms with Crippen molar-refractivity contribution in [2.24, 2.45) is 0 Å². The molecule has 0 radical (unpaired) electrons. The van der Waals surface area contributed by atoms with Gasteiger partial charge in [0, 0.05) is 36.7 Å². The fraction of sp³-hybridized carbons (Fsp3) is 0.278. The highest BCUT2D eigenvalue weighted by Gasteiger charge is 2.09. The van der Waals surface area contributed by atoms with Crippen molar-refractivity contribution in [1.29, 1.82) is 0 Å². The summed E-state index contributed by atoms with van der Waals surface area (Å²) in [7, 11) is 0. The van der Waals surface area contributed by atoms with Gasteiger partial charge in [0.05, 0.1) is 11.3 Å². The van der Waals surface area contributed by atoms with Gasteiger partial charge in [-0.25, -0.2) is 0 Å². The molecule has 3 N–H and O–H groups in total. The highest BCUT2D eigenvalue weighted by Crippen LogP contribution is 2.17. The molecule has 1 aromatic heterocycles. The van der Waals surface area contributed by atoms with Crippen molar-refractivity contribution in [1.82, 2.24) is 4.98 Å². The van der Waals surface area contributed by atoms with E-state index in [1.54, 1.807) is 36.5 Å². The molecule has 1 atom stereocenters. The molecule has 1 heterocycles. The van der Waals surface area contributed by atoms with E-state index in [1.807, 2.05) is 0 Å². The molecule has 1 unspecified atom stereocenters. The van der Waals surface area contributed by atoms with Gasteiger partial charge in [0.25, 0.3) is 5.91 Å². The maximum atomic E-state index is 12.4. The number of rotatable bonds is 6. The number of benzene rings is 1. The fourth-order valence-corrected chi connectivity index (χ4v) is 2.11.